The number of rotatable bonds is 4. The van der Waals surface area contributed by atoms with E-state index in [2.05, 4.69) is 30.7 Å². The van der Waals surface area contributed by atoms with Gasteiger partial charge in [0.05, 0.1) is 33.2 Å². The molecule has 0 atom stereocenters. The van der Waals surface area contributed by atoms with Crippen LogP contribution in [0.25, 0.3) is 31.9 Å². The average molecular weight is 481 g/mol. The third-order valence-corrected chi connectivity index (χ3v) is 7.02. The second kappa shape index (κ2) is 8.03. The highest BCUT2D eigenvalue weighted by Gasteiger charge is 2.18. The van der Waals surface area contributed by atoms with Gasteiger partial charge in [0.15, 0.2) is 0 Å². The van der Waals surface area contributed by atoms with E-state index >= 15 is 0 Å². The number of anilines is 4. The molecule has 0 bridgehead atoms. The molecule has 6 aromatic rings. The Kier molecular flexibility index (Phi) is 4.82. The number of thiophene rings is 1. The van der Waals surface area contributed by atoms with Crippen molar-refractivity contribution in [1.82, 2.24) is 24.7 Å². The van der Waals surface area contributed by atoms with Gasteiger partial charge in [0, 0.05) is 40.5 Å². The zero-order chi connectivity index (χ0) is 24.1. The fourth-order valence-electron chi connectivity index (χ4n) is 4.22. The van der Waals surface area contributed by atoms with E-state index in [-0.39, 0.29) is 5.91 Å². The highest BCUT2D eigenvalue weighted by Crippen LogP contribution is 2.34. The van der Waals surface area contributed by atoms with Gasteiger partial charge in [-0.1, -0.05) is 12.1 Å². The van der Waals surface area contributed by atoms with Gasteiger partial charge in [-0.15, -0.1) is 11.3 Å². The van der Waals surface area contributed by atoms with Crippen molar-refractivity contribution in [2.24, 2.45) is 7.05 Å². The maximum Gasteiger partial charge on any atom is 0.258 e. The fourth-order valence-corrected chi connectivity index (χ4v) is 5.12. The largest absolute Gasteiger partial charge is 0.382 e. The third kappa shape index (κ3) is 3.51. The van der Waals surface area contributed by atoms with Crippen LogP contribution in [0.4, 0.5) is 23.0 Å². The minimum Gasteiger partial charge on any atom is -0.382 e. The molecule has 4 aromatic heterocycles. The van der Waals surface area contributed by atoms with Crippen molar-refractivity contribution >= 4 is 72.1 Å². The molecule has 0 aliphatic carbocycles. The molecule has 0 spiro atoms. The minimum absolute atomic E-state index is 0.252. The number of carbonyl (C=O) groups excluding carboxylic acids is 1. The molecule has 172 valence electrons. The van der Waals surface area contributed by atoms with Crippen LogP contribution >= 0.6 is 11.3 Å². The molecule has 35 heavy (non-hydrogen) atoms. The van der Waals surface area contributed by atoms with E-state index in [9.17, 15) is 4.79 Å². The number of hydrogen-bond donors (Lipinski definition) is 3. The zero-order valence-electron chi connectivity index (χ0n) is 18.9. The summed E-state index contributed by atoms with van der Waals surface area (Å²) < 4.78 is 2.54. The Bertz CT molecular complexity index is 1770. The Morgan fingerprint density at radius 2 is 1.97 bits per heavy atom. The van der Waals surface area contributed by atoms with Gasteiger partial charge in [0.25, 0.3) is 5.91 Å². The summed E-state index contributed by atoms with van der Waals surface area (Å²) in [7, 11) is 1.92. The second-order valence-corrected chi connectivity index (χ2v) is 9.10. The summed E-state index contributed by atoms with van der Waals surface area (Å²) in [5.74, 6) is 0.813. The molecule has 0 aliphatic heterocycles. The van der Waals surface area contributed by atoms with Gasteiger partial charge in [-0.25, -0.2) is 15.0 Å². The van der Waals surface area contributed by atoms with Crippen LogP contribution in [0.15, 0.2) is 60.5 Å². The van der Waals surface area contributed by atoms with E-state index < -0.39 is 0 Å². The van der Waals surface area contributed by atoms with Gasteiger partial charge in [-0.2, -0.15) is 5.10 Å². The Morgan fingerprint density at radius 1 is 1.09 bits per heavy atom. The third-order valence-electron chi connectivity index (χ3n) is 6.03. The molecule has 10 heteroatoms. The molecule has 0 aliphatic rings. The molecule has 0 saturated carbocycles. The topological polar surface area (TPSA) is 124 Å². The highest BCUT2D eigenvalue weighted by atomic mass is 32.1. The van der Waals surface area contributed by atoms with E-state index in [1.807, 2.05) is 61.2 Å². The molecule has 0 unspecified atom stereocenters. The smallest absolute Gasteiger partial charge is 0.258 e. The van der Waals surface area contributed by atoms with E-state index in [1.54, 1.807) is 11.6 Å². The summed E-state index contributed by atoms with van der Waals surface area (Å²) in [4.78, 5) is 26.1. The first-order chi connectivity index (χ1) is 17.0. The Labute approximate surface area is 203 Å². The Hall–Kier alpha value is -4.57. The number of hydrogen-bond acceptors (Lipinski definition) is 8. The summed E-state index contributed by atoms with van der Waals surface area (Å²) in [5, 5.41) is 15.4. The van der Waals surface area contributed by atoms with Crippen LogP contribution in [0.5, 0.6) is 0 Å². The van der Waals surface area contributed by atoms with E-state index in [0.29, 0.717) is 27.4 Å². The number of pyridine rings is 1. The van der Waals surface area contributed by atoms with Crippen molar-refractivity contribution in [2.75, 3.05) is 16.4 Å². The van der Waals surface area contributed by atoms with Crippen LogP contribution in [-0.4, -0.2) is 30.6 Å². The molecule has 0 saturated heterocycles. The number of amides is 1. The van der Waals surface area contributed by atoms with E-state index in [1.165, 1.54) is 17.7 Å². The number of benzene rings is 2. The van der Waals surface area contributed by atoms with Crippen molar-refractivity contribution in [3.63, 3.8) is 0 Å². The number of nitrogens with one attached hydrogen (secondary N) is 2. The van der Waals surface area contributed by atoms with Crippen molar-refractivity contribution in [1.29, 1.82) is 0 Å². The Balaban J connectivity index is 1.38. The lowest BCUT2D eigenvalue weighted by atomic mass is 10.0. The molecular weight excluding hydrogens is 460 g/mol. The lowest BCUT2D eigenvalue weighted by molar-refractivity contribution is 0.102. The molecule has 2 aromatic carbocycles. The number of carbonyl (C=O) groups is 1. The van der Waals surface area contributed by atoms with Crippen molar-refractivity contribution < 1.29 is 4.79 Å². The van der Waals surface area contributed by atoms with Crippen LogP contribution in [0, 0.1) is 6.92 Å². The minimum atomic E-state index is -0.252. The van der Waals surface area contributed by atoms with Gasteiger partial charge in [-0.05, 0) is 36.8 Å². The number of nitrogens with zero attached hydrogens (tertiary/aromatic N) is 5. The molecule has 0 radical (unpaired) electrons. The number of fused-ring (bicyclic) bond motifs is 3. The van der Waals surface area contributed by atoms with Crippen LogP contribution in [0.1, 0.15) is 15.9 Å². The molecule has 4 heterocycles. The predicted octanol–water partition coefficient (Wildman–Crippen LogP) is 5.01. The van der Waals surface area contributed by atoms with Gasteiger partial charge in [0.2, 0.25) is 0 Å². The van der Waals surface area contributed by atoms with Crippen molar-refractivity contribution in [3.8, 4) is 0 Å². The van der Waals surface area contributed by atoms with Crippen LogP contribution < -0.4 is 16.4 Å². The van der Waals surface area contributed by atoms with Crippen LogP contribution in [0.3, 0.4) is 0 Å². The van der Waals surface area contributed by atoms with E-state index in [4.69, 9.17) is 5.73 Å². The monoisotopic (exact) mass is 480 g/mol. The standard InChI is InChI=1S/C25H20N8OS/c1-13-3-5-17-16(20(13)32-25(34)18-11-35-22-21(18)28-12-29-23(22)26)7-8-27-24(17)31-15-4-6-19-14(9-15)10-30-33(19)2/h3-12H,1-2H3,(H,27,31)(H,32,34)(H2,26,28,29). The van der Waals surface area contributed by atoms with Gasteiger partial charge < -0.3 is 16.4 Å². The predicted molar refractivity (Wildman–Crippen MR) is 140 cm³/mol. The van der Waals surface area contributed by atoms with Crippen molar-refractivity contribution in [2.45, 2.75) is 6.92 Å². The molecule has 0 fully saturated rings. The lowest BCUT2D eigenvalue weighted by Crippen LogP contribution is -2.13. The maximum absolute atomic E-state index is 13.3. The SMILES string of the molecule is Cc1ccc2c(Nc3ccc4c(cnn4C)c3)nccc2c1NC(=O)c1csc2c(N)ncnc12. The summed E-state index contributed by atoms with van der Waals surface area (Å²) in [6.45, 7) is 1.96. The number of aryl methyl sites for hydroxylation is 2. The molecule has 6 rings (SSSR count). The summed E-state index contributed by atoms with van der Waals surface area (Å²) in [5.41, 5.74) is 10.6. The first-order valence-corrected chi connectivity index (χ1v) is 11.7. The Morgan fingerprint density at radius 3 is 2.86 bits per heavy atom. The molecular formula is C25H20N8OS. The number of aromatic nitrogens is 5. The second-order valence-electron chi connectivity index (χ2n) is 8.22. The van der Waals surface area contributed by atoms with Gasteiger partial charge in [-0.3, -0.25) is 9.48 Å². The first kappa shape index (κ1) is 21.0. The molecule has 1 amide bonds. The quantitative estimate of drug-likeness (QED) is 0.324. The van der Waals surface area contributed by atoms with Crippen molar-refractivity contribution in [3.05, 3.63) is 71.6 Å². The summed E-state index contributed by atoms with van der Waals surface area (Å²) in [6, 6.07) is 11.9. The molecule has 9 nitrogen and oxygen atoms in total. The summed E-state index contributed by atoms with van der Waals surface area (Å²) in [6.07, 6.45) is 4.94. The maximum atomic E-state index is 13.3. The molecule has 4 N–H and O–H groups in total. The number of nitrogen functional groups attached to an aromatic ring is 1. The highest BCUT2D eigenvalue weighted by molar-refractivity contribution is 7.18. The first-order valence-electron chi connectivity index (χ1n) is 10.9. The van der Waals surface area contributed by atoms with Crippen LogP contribution in [0.2, 0.25) is 0 Å². The zero-order valence-corrected chi connectivity index (χ0v) is 19.7. The lowest BCUT2D eigenvalue weighted by Gasteiger charge is -2.15. The average Bonchev–Trinajstić information content (AvgIpc) is 3.45. The van der Waals surface area contributed by atoms with Gasteiger partial charge >= 0.3 is 0 Å². The van der Waals surface area contributed by atoms with Gasteiger partial charge in [0.1, 0.15) is 18.0 Å². The fraction of sp³-hybridized carbons (Fsp3) is 0.0800. The van der Waals surface area contributed by atoms with E-state index in [0.717, 1.165) is 38.6 Å². The normalized spacial score (nSPS) is 11.4. The van der Waals surface area contributed by atoms with Crippen LogP contribution in [-0.2, 0) is 7.05 Å². The summed E-state index contributed by atoms with van der Waals surface area (Å²) >= 11 is 1.36. The number of nitrogens with two attached hydrogens (primary N) is 1.